The van der Waals surface area contributed by atoms with Crippen LogP contribution in [-0.4, -0.2) is 48.9 Å². The molecule has 0 aromatic carbocycles. The van der Waals surface area contributed by atoms with Crippen LogP contribution in [0.2, 0.25) is 0 Å². The molecule has 0 saturated heterocycles. The Hall–Kier alpha value is -2.15. The molecule has 5 saturated carbocycles. The predicted octanol–water partition coefficient (Wildman–Crippen LogP) is 7.21. The molecule has 5 aliphatic rings. The van der Waals surface area contributed by atoms with Crippen molar-refractivity contribution in [3.8, 4) is 0 Å². The summed E-state index contributed by atoms with van der Waals surface area (Å²) in [5, 5.41) is 9.14. The number of carbonyl (C=O) groups is 3. The van der Waals surface area contributed by atoms with Crippen molar-refractivity contribution in [2.24, 2.45) is 56.7 Å². The van der Waals surface area contributed by atoms with Gasteiger partial charge in [0.05, 0.1) is 12.0 Å². The fourth-order valence-corrected chi connectivity index (χ4v) is 12.5. The van der Waals surface area contributed by atoms with Crippen molar-refractivity contribution in [3.63, 3.8) is 0 Å². The number of carbonyl (C=O) groups excluding carboxylic acids is 3. The average molecular weight is 627 g/mol. The van der Waals surface area contributed by atoms with Gasteiger partial charge < -0.3 is 19.3 Å². The van der Waals surface area contributed by atoms with Crippen LogP contribution in [0.3, 0.4) is 0 Å². The maximum absolute atomic E-state index is 14.0. The Morgan fingerprint density at radius 2 is 1.53 bits per heavy atom. The lowest BCUT2D eigenvalue weighted by atomic mass is 9.32. The van der Waals surface area contributed by atoms with Gasteiger partial charge in [0.15, 0.2) is 0 Å². The predicted molar refractivity (Wildman–Crippen MR) is 173 cm³/mol. The summed E-state index contributed by atoms with van der Waals surface area (Å²) in [6.45, 7) is 19.7. The molecule has 5 aliphatic carbocycles. The SMILES string of the molecule is C=C(C)[C@@H]1CC[C@]2(C(=O)OC/C=C/CO)CC[C@]3(C)[C@H](CC[C@@H]4[C@@]5(C)CC[C@H](OC(C)=O)[C@@](C)(COC(C)=O)[C@@H]5CC[C@]43C)[C@@H]12. The van der Waals surface area contributed by atoms with Gasteiger partial charge in [0.2, 0.25) is 0 Å². The van der Waals surface area contributed by atoms with Crippen LogP contribution in [0, 0.1) is 56.7 Å². The number of hydrogen-bond donors (Lipinski definition) is 1. The quantitative estimate of drug-likeness (QED) is 0.173. The van der Waals surface area contributed by atoms with E-state index in [0.29, 0.717) is 17.8 Å². The summed E-state index contributed by atoms with van der Waals surface area (Å²) in [4.78, 5) is 38.2. The number of allylic oxidation sites excluding steroid dienone is 1. The Labute approximate surface area is 270 Å². The minimum Gasteiger partial charge on any atom is -0.465 e. The molecular formula is C38H58O7. The summed E-state index contributed by atoms with van der Waals surface area (Å²) in [7, 11) is 0. The summed E-state index contributed by atoms with van der Waals surface area (Å²) in [6, 6.07) is 0. The van der Waals surface area contributed by atoms with E-state index < -0.39 is 10.8 Å². The molecule has 0 aromatic heterocycles. The number of aliphatic hydroxyl groups excluding tert-OH is 1. The third-order valence-corrected chi connectivity index (χ3v) is 14.7. The molecule has 0 unspecified atom stereocenters. The fourth-order valence-electron chi connectivity index (χ4n) is 12.5. The normalized spacial score (nSPS) is 45.4. The number of esters is 3. The standard InChI is InChI=1S/C38H58O7/c1-24(2)27-13-18-38(33(42)43-22-10-9-21-39)20-19-36(7)28(32(27)38)11-12-30-34(5)16-15-31(45-26(4)41)35(6,23-44-25(3)40)29(34)14-17-37(30,36)8/h9-10,27-32,39H,1,11-23H2,2-8H3/b10-9+/t27-,28+,29+,30+,31-,32+,34-,35-,36+,37+,38-/m0/s1. The molecule has 0 heterocycles. The Morgan fingerprint density at radius 3 is 2.18 bits per heavy atom. The van der Waals surface area contributed by atoms with Crippen LogP contribution in [0.15, 0.2) is 24.3 Å². The molecule has 5 fully saturated rings. The molecule has 0 amide bonds. The van der Waals surface area contributed by atoms with Crippen molar-refractivity contribution in [1.29, 1.82) is 0 Å². The van der Waals surface area contributed by atoms with Gasteiger partial charge in [-0.2, -0.15) is 0 Å². The number of fused-ring (bicyclic) bond motifs is 7. The van der Waals surface area contributed by atoms with Gasteiger partial charge in [0, 0.05) is 19.3 Å². The lowest BCUT2D eigenvalue weighted by Crippen LogP contribution is -2.68. The Bertz CT molecular complexity index is 1220. The average Bonchev–Trinajstić information content (AvgIpc) is 3.37. The monoisotopic (exact) mass is 626 g/mol. The molecule has 0 aliphatic heterocycles. The van der Waals surface area contributed by atoms with E-state index in [0.717, 1.165) is 64.2 Å². The molecule has 7 nitrogen and oxygen atoms in total. The van der Waals surface area contributed by atoms with E-state index in [1.807, 2.05) is 0 Å². The minimum absolute atomic E-state index is 0.0163. The van der Waals surface area contributed by atoms with E-state index >= 15 is 0 Å². The first-order chi connectivity index (χ1) is 21.1. The zero-order valence-corrected chi connectivity index (χ0v) is 28.9. The highest BCUT2D eigenvalue weighted by Gasteiger charge is 2.72. The van der Waals surface area contributed by atoms with Gasteiger partial charge >= 0.3 is 17.9 Å². The fraction of sp³-hybridized carbons (Fsp3) is 0.816. The molecule has 7 heteroatoms. The molecule has 0 bridgehead atoms. The van der Waals surface area contributed by atoms with Gasteiger partial charge in [-0.05, 0) is 123 Å². The molecule has 252 valence electrons. The third-order valence-electron chi connectivity index (χ3n) is 14.7. The largest absolute Gasteiger partial charge is 0.465 e. The molecule has 11 atom stereocenters. The molecule has 0 aromatic rings. The van der Waals surface area contributed by atoms with E-state index in [1.165, 1.54) is 19.4 Å². The smallest absolute Gasteiger partial charge is 0.312 e. The molecule has 5 rings (SSSR count). The molecule has 45 heavy (non-hydrogen) atoms. The van der Waals surface area contributed by atoms with Gasteiger partial charge in [-0.15, -0.1) is 0 Å². The number of hydrogen-bond acceptors (Lipinski definition) is 7. The van der Waals surface area contributed by atoms with Crippen molar-refractivity contribution in [2.45, 2.75) is 119 Å². The van der Waals surface area contributed by atoms with Crippen LogP contribution in [-0.2, 0) is 28.6 Å². The molecule has 1 N–H and O–H groups in total. The van der Waals surface area contributed by atoms with Crippen LogP contribution >= 0.6 is 0 Å². The van der Waals surface area contributed by atoms with E-state index in [9.17, 15) is 14.4 Å². The second kappa shape index (κ2) is 12.1. The van der Waals surface area contributed by atoms with Crippen LogP contribution in [0.1, 0.15) is 113 Å². The minimum atomic E-state index is -0.476. The van der Waals surface area contributed by atoms with E-state index in [-0.39, 0.29) is 71.9 Å². The maximum atomic E-state index is 14.0. The summed E-state index contributed by atoms with van der Waals surface area (Å²) in [5.41, 5.74) is 0.424. The van der Waals surface area contributed by atoms with Gasteiger partial charge in [0.25, 0.3) is 0 Å². The van der Waals surface area contributed by atoms with Crippen molar-refractivity contribution in [1.82, 2.24) is 0 Å². The lowest BCUT2D eigenvalue weighted by Gasteiger charge is -2.72. The van der Waals surface area contributed by atoms with Gasteiger partial charge in [-0.25, -0.2) is 0 Å². The Kier molecular flexibility index (Phi) is 9.22. The van der Waals surface area contributed by atoms with Crippen LogP contribution in [0.25, 0.3) is 0 Å². The summed E-state index contributed by atoms with van der Waals surface area (Å²) < 4.78 is 17.6. The van der Waals surface area contributed by atoms with Crippen LogP contribution in [0.5, 0.6) is 0 Å². The Morgan fingerprint density at radius 1 is 0.800 bits per heavy atom. The number of rotatable bonds is 8. The van der Waals surface area contributed by atoms with Crippen LogP contribution in [0.4, 0.5) is 0 Å². The first-order valence-corrected chi connectivity index (χ1v) is 17.5. The van der Waals surface area contributed by atoms with Crippen molar-refractivity contribution < 1.29 is 33.7 Å². The zero-order chi connectivity index (χ0) is 33.0. The zero-order valence-electron chi connectivity index (χ0n) is 28.9. The highest BCUT2D eigenvalue weighted by Crippen LogP contribution is 2.77. The van der Waals surface area contributed by atoms with E-state index in [4.69, 9.17) is 19.3 Å². The number of ether oxygens (including phenoxy) is 3. The maximum Gasteiger partial charge on any atom is 0.312 e. The second-order valence-corrected chi connectivity index (χ2v) is 16.5. The van der Waals surface area contributed by atoms with Crippen molar-refractivity contribution in [3.05, 3.63) is 24.3 Å². The van der Waals surface area contributed by atoms with Crippen molar-refractivity contribution >= 4 is 17.9 Å². The highest BCUT2D eigenvalue weighted by atomic mass is 16.6. The lowest BCUT2D eigenvalue weighted by molar-refractivity contribution is -0.257. The van der Waals surface area contributed by atoms with E-state index in [1.54, 1.807) is 12.2 Å². The third kappa shape index (κ3) is 5.22. The molecular weight excluding hydrogens is 568 g/mol. The summed E-state index contributed by atoms with van der Waals surface area (Å²) in [6.07, 6.45) is 12.8. The summed E-state index contributed by atoms with van der Waals surface area (Å²) in [5.74, 6) is 1.05. The van der Waals surface area contributed by atoms with Gasteiger partial charge in [-0.3, -0.25) is 14.4 Å². The van der Waals surface area contributed by atoms with E-state index in [2.05, 4.69) is 41.2 Å². The molecule has 0 spiro atoms. The second-order valence-electron chi connectivity index (χ2n) is 16.5. The highest BCUT2D eigenvalue weighted by molar-refractivity contribution is 5.78. The van der Waals surface area contributed by atoms with Crippen molar-refractivity contribution in [2.75, 3.05) is 19.8 Å². The first-order valence-electron chi connectivity index (χ1n) is 17.5. The topological polar surface area (TPSA) is 99.1 Å². The Balaban J connectivity index is 1.49. The first kappa shape index (κ1) is 34.2. The van der Waals surface area contributed by atoms with Crippen LogP contribution < -0.4 is 0 Å². The van der Waals surface area contributed by atoms with Gasteiger partial charge in [0.1, 0.15) is 19.3 Å². The number of aliphatic hydroxyl groups is 1. The summed E-state index contributed by atoms with van der Waals surface area (Å²) >= 11 is 0. The van der Waals surface area contributed by atoms with Gasteiger partial charge in [-0.1, -0.05) is 45.9 Å². The molecule has 0 radical (unpaired) electrons.